The summed E-state index contributed by atoms with van der Waals surface area (Å²) in [4.78, 5) is 23.2. The van der Waals surface area contributed by atoms with Crippen LogP contribution in [0.3, 0.4) is 0 Å². The van der Waals surface area contributed by atoms with Crippen molar-refractivity contribution in [2.24, 2.45) is 0 Å². The zero-order valence-corrected chi connectivity index (χ0v) is 12.8. The SMILES string of the molecule is CC(C)(c1ccccc1)N(CC=CC(=O)O)C/C=C/C(=O)O. The fourth-order valence-electron chi connectivity index (χ4n) is 2.12. The van der Waals surface area contributed by atoms with Crippen LogP contribution in [0.1, 0.15) is 19.4 Å². The maximum atomic E-state index is 10.6. The van der Waals surface area contributed by atoms with Crippen molar-refractivity contribution in [3.05, 3.63) is 60.2 Å². The molecule has 5 nitrogen and oxygen atoms in total. The minimum absolute atomic E-state index is 0.368. The highest BCUT2D eigenvalue weighted by molar-refractivity contribution is 5.80. The van der Waals surface area contributed by atoms with E-state index in [9.17, 15) is 9.59 Å². The van der Waals surface area contributed by atoms with Crippen molar-refractivity contribution in [2.45, 2.75) is 19.4 Å². The first-order valence-corrected chi connectivity index (χ1v) is 6.93. The number of benzene rings is 1. The topological polar surface area (TPSA) is 77.8 Å². The van der Waals surface area contributed by atoms with Crippen molar-refractivity contribution >= 4 is 11.9 Å². The van der Waals surface area contributed by atoms with Crippen LogP contribution in [0.4, 0.5) is 0 Å². The van der Waals surface area contributed by atoms with E-state index in [2.05, 4.69) is 0 Å². The largest absolute Gasteiger partial charge is 0.478 e. The molecule has 0 heterocycles. The second-order valence-corrected chi connectivity index (χ2v) is 5.31. The van der Waals surface area contributed by atoms with Gasteiger partial charge in [0.15, 0.2) is 0 Å². The number of hydrogen-bond acceptors (Lipinski definition) is 3. The van der Waals surface area contributed by atoms with E-state index in [1.807, 2.05) is 49.1 Å². The number of carboxylic acid groups (broad SMARTS) is 2. The molecule has 0 aromatic heterocycles. The molecule has 0 aliphatic rings. The molecule has 0 bridgehead atoms. The van der Waals surface area contributed by atoms with Crippen LogP contribution in [0.15, 0.2) is 54.6 Å². The van der Waals surface area contributed by atoms with Crippen molar-refractivity contribution in [1.29, 1.82) is 0 Å². The molecule has 22 heavy (non-hydrogen) atoms. The standard InChI is InChI=1S/C17H21NO4/c1-17(2,14-8-4-3-5-9-14)18(12-6-10-15(19)20)13-7-11-16(21)22/h3-11H,12-13H2,1-2H3,(H,19,20)(H,21,22)/b10-6+,11-7?. The van der Waals surface area contributed by atoms with Gasteiger partial charge in [-0.3, -0.25) is 4.90 Å². The van der Waals surface area contributed by atoms with E-state index in [0.29, 0.717) is 13.1 Å². The lowest BCUT2D eigenvalue weighted by atomic mass is 9.92. The van der Waals surface area contributed by atoms with Crippen LogP contribution in [-0.2, 0) is 15.1 Å². The summed E-state index contributed by atoms with van der Waals surface area (Å²) in [7, 11) is 0. The van der Waals surface area contributed by atoms with Crippen molar-refractivity contribution in [2.75, 3.05) is 13.1 Å². The second-order valence-electron chi connectivity index (χ2n) is 5.31. The molecule has 1 aromatic carbocycles. The molecular weight excluding hydrogens is 282 g/mol. The monoisotopic (exact) mass is 303 g/mol. The Labute approximate surface area is 130 Å². The lowest BCUT2D eigenvalue weighted by Crippen LogP contribution is -2.41. The molecule has 0 unspecified atom stereocenters. The highest BCUT2D eigenvalue weighted by Crippen LogP contribution is 2.27. The Morgan fingerprint density at radius 3 is 1.86 bits per heavy atom. The predicted octanol–water partition coefficient (Wildman–Crippen LogP) is 2.51. The van der Waals surface area contributed by atoms with Crippen molar-refractivity contribution in [3.63, 3.8) is 0 Å². The van der Waals surface area contributed by atoms with Crippen molar-refractivity contribution in [3.8, 4) is 0 Å². The molecule has 0 spiro atoms. The zero-order chi connectivity index (χ0) is 16.6. The third-order valence-electron chi connectivity index (χ3n) is 3.44. The Kier molecular flexibility index (Phi) is 6.53. The third-order valence-corrected chi connectivity index (χ3v) is 3.44. The molecule has 0 radical (unpaired) electrons. The Bertz CT molecular complexity index is 535. The van der Waals surface area contributed by atoms with Crippen LogP contribution in [0.5, 0.6) is 0 Å². The molecule has 1 aromatic rings. The van der Waals surface area contributed by atoms with Crippen LogP contribution in [0, 0.1) is 0 Å². The van der Waals surface area contributed by atoms with Gasteiger partial charge in [-0.25, -0.2) is 9.59 Å². The average Bonchev–Trinajstić information content (AvgIpc) is 2.46. The number of carboxylic acids is 2. The van der Waals surface area contributed by atoms with E-state index in [1.54, 1.807) is 12.2 Å². The van der Waals surface area contributed by atoms with Gasteiger partial charge in [-0.1, -0.05) is 42.5 Å². The van der Waals surface area contributed by atoms with E-state index >= 15 is 0 Å². The van der Waals surface area contributed by atoms with Crippen molar-refractivity contribution < 1.29 is 19.8 Å². The fourth-order valence-corrected chi connectivity index (χ4v) is 2.12. The Balaban J connectivity index is 2.96. The molecule has 0 fully saturated rings. The van der Waals surface area contributed by atoms with Crippen LogP contribution in [0.25, 0.3) is 0 Å². The van der Waals surface area contributed by atoms with Gasteiger partial charge in [-0.2, -0.15) is 0 Å². The number of aliphatic carboxylic acids is 2. The molecule has 0 aliphatic carbocycles. The smallest absolute Gasteiger partial charge is 0.328 e. The number of rotatable bonds is 8. The molecular formula is C17H21NO4. The maximum absolute atomic E-state index is 10.6. The van der Waals surface area contributed by atoms with Gasteiger partial charge >= 0.3 is 11.9 Å². The summed E-state index contributed by atoms with van der Waals surface area (Å²) in [6.07, 6.45) is 5.30. The van der Waals surface area contributed by atoms with Crippen LogP contribution < -0.4 is 0 Å². The lowest BCUT2D eigenvalue weighted by Gasteiger charge is -2.38. The number of carbonyl (C=O) groups is 2. The molecule has 0 amide bonds. The second kappa shape index (κ2) is 8.14. The molecule has 0 atom stereocenters. The summed E-state index contributed by atoms with van der Waals surface area (Å²) in [5, 5.41) is 17.4. The quantitative estimate of drug-likeness (QED) is 0.721. The number of hydrogen-bond donors (Lipinski definition) is 2. The van der Waals surface area contributed by atoms with Crippen LogP contribution >= 0.6 is 0 Å². The maximum Gasteiger partial charge on any atom is 0.328 e. The summed E-state index contributed by atoms with van der Waals surface area (Å²) in [5.74, 6) is -2.00. The third kappa shape index (κ3) is 5.54. The van der Waals surface area contributed by atoms with E-state index < -0.39 is 11.9 Å². The van der Waals surface area contributed by atoms with Crippen LogP contribution in [-0.4, -0.2) is 40.1 Å². The first kappa shape index (κ1) is 17.7. The molecule has 0 saturated carbocycles. The van der Waals surface area contributed by atoms with E-state index in [1.165, 1.54) is 0 Å². The average molecular weight is 303 g/mol. The summed E-state index contributed by atoms with van der Waals surface area (Å²) in [5.41, 5.74) is 0.704. The van der Waals surface area contributed by atoms with Gasteiger partial charge in [0.2, 0.25) is 0 Å². The van der Waals surface area contributed by atoms with E-state index in [4.69, 9.17) is 10.2 Å². The Hall–Kier alpha value is -2.40. The minimum atomic E-state index is -1.00. The fraction of sp³-hybridized carbons (Fsp3) is 0.294. The molecule has 5 heteroatoms. The molecule has 2 N–H and O–H groups in total. The normalized spacial score (nSPS) is 12.3. The number of nitrogens with zero attached hydrogens (tertiary/aromatic N) is 1. The van der Waals surface area contributed by atoms with E-state index in [0.717, 1.165) is 17.7 Å². The Morgan fingerprint density at radius 1 is 1.00 bits per heavy atom. The molecule has 0 saturated heterocycles. The van der Waals surface area contributed by atoms with Gasteiger partial charge in [0, 0.05) is 30.8 Å². The summed E-state index contributed by atoms with van der Waals surface area (Å²) in [6, 6.07) is 9.80. The van der Waals surface area contributed by atoms with Gasteiger partial charge in [0.05, 0.1) is 0 Å². The predicted molar refractivity (Wildman–Crippen MR) is 84.6 cm³/mol. The zero-order valence-electron chi connectivity index (χ0n) is 12.8. The Morgan fingerprint density at radius 2 is 1.45 bits per heavy atom. The molecule has 118 valence electrons. The van der Waals surface area contributed by atoms with E-state index in [-0.39, 0.29) is 5.54 Å². The van der Waals surface area contributed by atoms with Gasteiger partial charge in [0.25, 0.3) is 0 Å². The van der Waals surface area contributed by atoms with Gasteiger partial charge in [-0.05, 0) is 19.4 Å². The van der Waals surface area contributed by atoms with Gasteiger partial charge < -0.3 is 10.2 Å². The van der Waals surface area contributed by atoms with Gasteiger partial charge in [-0.15, -0.1) is 0 Å². The van der Waals surface area contributed by atoms with Crippen LogP contribution in [0.2, 0.25) is 0 Å². The highest BCUT2D eigenvalue weighted by Gasteiger charge is 2.26. The summed E-state index contributed by atoms with van der Waals surface area (Å²) >= 11 is 0. The highest BCUT2D eigenvalue weighted by atomic mass is 16.4. The summed E-state index contributed by atoms with van der Waals surface area (Å²) in [6.45, 7) is 4.84. The first-order chi connectivity index (χ1) is 10.3. The van der Waals surface area contributed by atoms with Gasteiger partial charge in [0.1, 0.15) is 0 Å². The minimum Gasteiger partial charge on any atom is -0.478 e. The first-order valence-electron chi connectivity index (χ1n) is 6.93. The molecule has 0 aliphatic heterocycles. The summed E-state index contributed by atoms with van der Waals surface area (Å²) < 4.78 is 0. The molecule has 1 rings (SSSR count). The van der Waals surface area contributed by atoms with Crippen molar-refractivity contribution in [1.82, 2.24) is 4.90 Å². The lowest BCUT2D eigenvalue weighted by molar-refractivity contribution is -0.132.